The van der Waals surface area contributed by atoms with Gasteiger partial charge in [-0.15, -0.1) is 22.7 Å². The maximum Gasteiger partial charge on any atom is 0.0345 e. The van der Waals surface area contributed by atoms with Crippen LogP contribution in [0.25, 0.3) is 31.7 Å². The van der Waals surface area contributed by atoms with E-state index >= 15 is 0 Å². The van der Waals surface area contributed by atoms with Crippen molar-refractivity contribution >= 4 is 33.4 Å². The first-order valence-corrected chi connectivity index (χ1v) is 9.95. The molecule has 0 aliphatic carbocycles. The molecule has 0 aliphatic heterocycles. The maximum absolute atomic E-state index is 2.37. The molecule has 0 nitrogen and oxygen atoms in total. The van der Waals surface area contributed by atoms with Crippen molar-refractivity contribution in [2.24, 2.45) is 0 Å². The van der Waals surface area contributed by atoms with Crippen LogP contribution in [0.3, 0.4) is 0 Å². The third kappa shape index (κ3) is 2.33. The maximum atomic E-state index is 2.37. The highest BCUT2D eigenvalue weighted by atomic mass is 32.1. The molecule has 4 rings (SSSR count). The van der Waals surface area contributed by atoms with Crippen molar-refractivity contribution in [1.82, 2.24) is 0 Å². The van der Waals surface area contributed by atoms with Crippen LogP contribution in [-0.2, 0) is 0 Å². The van der Waals surface area contributed by atoms with Gasteiger partial charge in [-0.3, -0.25) is 0 Å². The highest BCUT2D eigenvalue weighted by Crippen LogP contribution is 2.41. The van der Waals surface area contributed by atoms with Crippen molar-refractivity contribution in [2.45, 2.75) is 27.7 Å². The van der Waals surface area contributed by atoms with Crippen molar-refractivity contribution in [1.29, 1.82) is 0 Å². The lowest BCUT2D eigenvalue weighted by Gasteiger charge is -2.18. The molecule has 2 aromatic carbocycles. The number of benzene rings is 2. The summed E-state index contributed by atoms with van der Waals surface area (Å²) in [4.78, 5) is 2.72. The Morgan fingerprint density at radius 2 is 1.04 bits per heavy atom. The first kappa shape index (κ1) is 15.6. The zero-order chi connectivity index (χ0) is 16.8. The van der Waals surface area contributed by atoms with Crippen molar-refractivity contribution < 1.29 is 0 Å². The van der Waals surface area contributed by atoms with Gasteiger partial charge in [0.15, 0.2) is 0 Å². The first-order chi connectivity index (χ1) is 11.6. The van der Waals surface area contributed by atoms with Crippen LogP contribution in [0.4, 0.5) is 0 Å². The fraction of sp³-hybridized carbons (Fsp3) is 0.182. The fourth-order valence-electron chi connectivity index (χ4n) is 3.80. The topological polar surface area (TPSA) is 0 Å². The van der Waals surface area contributed by atoms with Crippen LogP contribution in [0, 0.1) is 27.7 Å². The molecule has 24 heavy (non-hydrogen) atoms. The van der Waals surface area contributed by atoms with Gasteiger partial charge in [0.2, 0.25) is 0 Å². The van der Waals surface area contributed by atoms with E-state index in [4.69, 9.17) is 0 Å². The zero-order valence-corrected chi connectivity index (χ0v) is 16.1. The van der Waals surface area contributed by atoms with E-state index in [-0.39, 0.29) is 0 Å². The Morgan fingerprint density at radius 3 is 1.38 bits per heavy atom. The smallest absolute Gasteiger partial charge is 0.0345 e. The summed E-state index contributed by atoms with van der Waals surface area (Å²) in [5.41, 5.74) is 8.30. The van der Waals surface area contributed by atoms with Crippen LogP contribution in [0.5, 0.6) is 0 Å². The second-order valence-corrected chi connectivity index (χ2v) is 8.33. The minimum absolute atomic E-state index is 1.36. The molecule has 2 heterocycles. The Hall–Kier alpha value is -1.90. The molecule has 0 aliphatic rings. The monoisotopic (exact) mass is 348 g/mol. The number of rotatable bonds is 2. The third-order valence-corrected chi connectivity index (χ3v) is 6.70. The quantitative estimate of drug-likeness (QED) is 0.351. The lowest BCUT2D eigenvalue weighted by atomic mass is 9.87. The molecule has 0 N–H and O–H groups in total. The molecule has 0 fully saturated rings. The van der Waals surface area contributed by atoms with Crippen molar-refractivity contribution in [3.8, 4) is 20.9 Å². The molecule has 0 unspecified atom stereocenters. The second-order valence-electron chi connectivity index (χ2n) is 6.44. The summed E-state index contributed by atoms with van der Waals surface area (Å²) in [6.07, 6.45) is 0. The molecule has 0 amide bonds. The van der Waals surface area contributed by atoms with E-state index in [1.807, 2.05) is 22.7 Å². The van der Waals surface area contributed by atoms with Crippen molar-refractivity contribution in [2.75, 3.05) is 0 Å². The third-order valence-electron chi connectivity index (χ3n) is 4.89. The van der Waals surface area contributed by atoms with Gasteiger partial charge in [0.1, 0.15) is 0 Å². The van der Waals surface area contributed by atoms with Gasteiger partial charge in [-0.2, -0.15) is 0 Å². The highest BCUT2D eigenvalue weighted by Gasteiger charge is 2.16. The average Bonchev–Trinajstić information content (AvgIpc) is 3.25. The molecular weight excluding hydrogens is 328 g/mol. The number of aryl methyl sites for hydroxylation is 4. The van der Waals surface area contributed by atoms with Gasteiger partial charge in [-0.25, -0.2) is 0 Å². The average molecular weight is 349 g/mol. The van der Waals surface area contributed by atoms with Gasteiger partial charge in [-0.1, -0.05) is 12.1 Å². The second kappa shape index (κ2) is 5.87. The molecule has 2 heteroatoms. The van der Waals surface area contributed by atoms with Crippen LogP contribution < -0.4 is 0 Å². The summed E-state index contributed by atoms with van der Waals surface area (Å²) in [5, 5.41) is 7.17. The number of thiophene rings is 2. The van der Waals surface area contributed by atoms with E-state index in [0.717, 1.165) is 0 Å². The summed E-state index contributed by atoms with van der Waals surface area (Å²) in [5.74, 6) is 0. The van der Waals surface area contributed by atoms with Crippen LogP contribution in [0.15, 0.2) is 47.2 Å². The standard InChI is InChI=1S/C22H20S2/c1-13-11-17(19-7-5-9-23-19)16(4)22-14(2)12-18(15(3)21(13)22)20-8-6-10-24-20/h5-12H,1-4H3. The predicted octanol–water partition coefficient (Wildman–Crippen LogP) is 7.53. The minimum Gasteiger partial charge on any atom is -0.144 e. The summed E-state index contributed by atoms with van der Waals surface area (Å²) >= 11 is 3.64. The van der Waals surface area contributed by atoms with E-state index in [1.165, 1.54) is 53.9 Å². The molecular formula is C22H20S2. The van der Waals surface area contributed by atoms with E-state index in [1.54, 1.807) is 0 Å². The summed E-state index contributed by atoms with van der Waals surface area (Å²) < 4.78 is 0. The van der Waals surface area contributed by atoms with Gasteiger partial charge in [-0.05, 0) is 107 Å². The first-order valence-electron chi connectivity index (χ1n) is 8.20. The molecule has 4 aromatic rings. The SMILES string of the molecule is Cc1cc(-c2cccs2)c(C)c2c(C)cc(-c3cccs3)c(C)c12. The lowest BCUT2D eigenvalue weighted by molar-refractivity contribution is 1.39. The van der Waals surface area contributed by atoms with Gasteiger partial charge in [0, 0.05) is 9.75 Å². The number of hydrogen-bond acceptors (Lipinski definition) is 2. The summed E-state index contributed by atoms with van der Waals surface area (Å²) in [6.45, 7) is 9.05. The summed E-state index contributed by atoms with van der Waals surface area (Å²) in [6, 6.07) is 13.5. The highest BCUT2D eigenvalue weighted by molar-refractivity contribution is 7.13. The van der Waals surface area contributed by atoms with Gasteiger partial charge < -0.3 is 0 Å². The predicted molar refractivity (Wildman–Crippen MR) is 110 cm³/mol. The number of hydrogen-bond donors (Lipinski definition) is 0. The Labute approximate surface area is 151 Å². The van der Waals surface area contributed by atoms with E-state index < -0.39 is 0 Å². The number of fused-ring (bicyclic) bond motifs is 1. The molecule has 2 aromatic heterocycles. The largest absolute Gasteiger partial charge is 0.144 e. The zero-order valence-electron chi connectivity index (χ0n) is 14.4. The van der Waals surface area contributed by atoms with E-state index in [2.05, 4.69) is 74.9 Å². The Bertz CT molecular complexity index is 935. The molecule has 0 saturated heterocycles. The van der Waals surface area contributed by atoms with E-state index in [9.17, 15) is 0 Å². The molecule has 0 bridgehead atoms. The Morgan fingerprint density at radius 1 is 0.625 bits per heavy atom. The fourth-order valence-corrected chi connectivity index (χ4v) is 5.40. The van der Waals surface area contributed by atoms with Crippen LogP contribution in [0.2, 0.25) is 0 Å². The normalized spacial score (nSPS) is 11.3. The Balaban J connectivity index is 2.09. The van der Waals surface area contributed by atoms with E-state index in [0.29, 0.717) is 0 Å². The molecule has 120 valence electrons. The van der Waals surface area contributed by atoms with Crippen LogP contribution in [0.1, 0.15) is 22.3 Å². The van der Waals surface area contributed by atoms with Crippen LogP contribution in [-0.4, -0.2) is 0 Å². The molecule has 0 spiro atoms. The van der Waals surface area contributed by atoms with Crippen LogP contribution >= 0.6 is 22.7 Å². The Kier molecular flexibility index (Phi) is 3.82. The van der Waals surface area contributed by atoms with Gasteiger partial charge in [0.25, 0.3) is 0 Å². The lowest BCUT2D eigenvalue weighted by Crippen LogP contribution is -1.95. The molecule has 0 radical (unpaired) electrons. The van der Waals surface area contributed by atoms with Gasteiger partial charge >= 0.3 is 0 Å². The molecule has 0 saturated carbocycles. The minimum atomic E-state index is 1.36. The van der Waals surface area contributed by atoms with Crippen molar-refractivity contribution in [3.63, 3.8) is 0 Å². The van der Waals surface area contributed by atoms with Crippen molar-refractivity contribution in [3.05, 3.63) is 69.4 Å². The molecule has 0 atom stereocenters. The summed E-state index contributed by atoms with van der Waals surface area (Å²) in [7, 11) is 0. The van der Waals surface area contributed by atoms with Gasteiger partial charge in [0.05, 0.1) is 0 Å².